The van der Waals surface area contributed by atoms with Gasteiger partial charge < -0.3 is 4.57 Å². The second-order valence-corrected chi connectivity index (χ2v) is 4.10. The van der Waals surface area contributed by atoms with E-state index in [0.717, 1.165) is 13.0 Å². The number of aryl methyl sites for hydroxylation is 1. The van der Waals surface area contributed by atoms with Crippen LogP contribution in [0.1, 0.15) is 44.7 Å². The third-order valence-electron chi connectivity index (χ3n) is 2.76. The molecule has 0 aliphatic rings. The van der Waals surface area contributed by atoms with Crippen molar-refractivity contribution in [3.8, 4) is 0 Å². The van der Waals surface area contributed by atoms with Crippen LogP contribution in [0.2, 0.25) is 0 Å². The summed E-state index contributed by atoms with van der Waals surface area (Å²) in [5.41, 5.74) is -0.307. The first-order chi connectivity index (χ1) is 6.53. The van der Waals surface area contributed by atoms with Crippen LogP contribution in [0.4, 0.5) is 0 Å². The standard InChI is InChI=1S/C11H18N2O/c1-5-11(3,4)9(14)10-12-7-8-13(10)6-2/h7-8H,5-6H2,1-4H3. The lowest BCUT2D eigenvalue weighted by atomic mass is 9.85. The number of nitrogens with zero attached hydrogens (tertiary/aromatic N) is 2. The summed E-state index contributed by atoms with van der Waals surface area (Å²) >= 11 is 0. The minimum absolute atomic E-state index is 0.131. The van der Waals surface area contributed by atoms with E-state index in [1.165, 1.54) is 0 Å². The third kappa shape index (κ3) is 1.86. The van der Waals surface area contributed by atoms with Crippen molar-refractivity contribution < 1.29 is 4.79 Å². The largest absolute Gasteiger partial charge is 0.329 e. The van der Waals surface area contributed by atoms with Gasteiger partial charge in [0.2, 0.25) is 5.78 Å². The molecular weight excluding hydrogens is 176 g/mol. The summed E-state index contributed by atoms with van der Waals surface area (Å²) in [4.78, 5) is 16.2. The lowest BCUT2D eigenvalue weighted by Crippen LogP contribution is -2.26. The first-order valence-corrected chi connectivity index (χ1v) is 5.09. The fraction of sp³-hybridized carbons (Fsp3) is 0.636. The van der Waals surface area contributed by atoms with Gasteiger partial charge in [0.15, 0.2) is 5.82 Å². The smallest absolute Gasteiger partial charge is 0.203 e. The average Bonchev–Trinajstić information content (AvgIpc) is 2.64. The normalized spacial score (nSPS) is 11.7. The molecule has 1 aromatic heterocycles. The monoisotopic (exact) mass is 194 g/mol. The molecule has 0 atom stereocenters. The van der Waals surface area contributed by atoms with Crippen molar-refractivity contribution in [2.45, 2.75) is 40.7 Å². The van der Waals surface area contributed by atoms with Gasteiger partial charge in [-0.2, -0.15) is 0 Å². The average molecular weight is 194 g/mol. The Bertz CT molecular complexity index is 326. The van der Waals surface area contributed by atoms with Gasteiger partial charge in [-0.3, -0.25) is 4.79 Å². The Morgan fingerprint density at radius 3 is 2.64 bits per heavy atom. The second-order valence-electron chi connectivity index (χ2n) is 4.10. The summed E-state index contributed by atoms with van der Waals surface area (Å²) in [6.07, 6.45) is 4.36. The van der Waals surface area contributed by atoms with Crippen LogP contribution in [0, 0.1) is 5.41 Å². The van der Waals surface area contributed by atoms with E-state index < -0.39 is 0 Å². The first kappa shape index (κ1) is 11.0. The van der Waals surface area contributed by atoms with Gasteiger partial charge in [-0.15, -0.1) is 0 Å². The van der Waals surface area contributed by atoms with Crippen LogP contribution in [0.3, 0.4) is 0 Å². The second kappa shape index (κ2) is 3.95. The number of carbonyl (C=O) groups excluding carboxylic acids is 1. The molecule has 1 rings (SSSR count). The highest BCUT2D eigenvalue weighted by molar-refractivity contribution is 5.97. The lowest BCUT2D eigenvalue weighted by Gasteiger charge is -2.20. The first-order valence-electron chi connectivity index (χ1n) is 5.09. The van der Waals surface area contributed by atoms with Gasteiger partial charge in [-0.05, 0) is 13.3 Å². The molecule has 0 bridgehead atoms. The molecule has 0 aliphatic carbocycles. The van der Waals surface area contributed by atoms with Crippen molar-refractivity contribution in [2.24, 2.45) is 5.41 Å². The van der Waals surface area contributed by atoms with Crippen LogP contribution in [0.15, 0.2) is 12.4 Å². The Morgan fingerprint density at radius 1 is 1.50 bits per heavy atom. The van der Waals surface area contributed by atoms with Crippen LogP contribution in [0.25, 0.3) is 0 Å². The Kier molecular flexibility index (Phi) is 3.09. The van der Waals surface area contributed by atoms with Crippen molar-refractivity contribution in [1.82, 2.24) is 9.55 Å². The van der Waals surface area contributed by atoms with E-state index in [4.69, 9.17) is 0 Å². The molecule has 0 saturated carbocycles. The molecule has 0 amide bonds. The zero-order valence-electron chi connectivity index (χ0n) is 9.37. The summed E-state index contributed by atoms with van der Waals surface area (Å²) in [6, 6.07) is 0. The molecule has 1 aromatic rings. The summed E-state index contributed by atoms with van der Waals surface area (Å²) in [5.74, 6) is 0.714. The molecule has 14 heavy (non-hydrogen) atoms. The van der Waals surface area contributed by atoms with Crippen molar-refractivity contribution in [2.75, 3.05) is 0 Å². The highest BCUT2D eigenvalue weighted by Crippen LogP contribution is 2.24. The summed E-state index contributed by atoms with van der Waals surface area (Å²) < 4.78 is 1.89. The Labute approximate surface area is 85.2 Å². The van der Waals surface area contributed by atoms with Gasteiger partial charge in [-0.1, -0.05) is 20.8 Å². The number of imidazole rings is 1. The van der Waals surface area contributed by atoms with Gasteiger partial charge in [0.1, 0.15) is 0 Å². The maximum absolute atomic E-state index is 12.1. The van der Waals surface area contributed by atoms with Gasteiger partial charge in [0, 0.05) is 24.4 Å². The predicted octanol–water partition coefficient (Wildman–Crippen LogP) is 2.52. The van der Waals surface area contributed by atoms with Gasteiger partial charge in [0.25, 0.3) is 0 Å². The van der Waals surface area contributed by atoms with Crippen LogP contribution < -0.4 is 0 Å². The minimum atomic E-state index is -0.307. The van der Waals surface area contributed by atoms with E-state index in [0.29, 0.717) is 5.82 Å². The quantitative estimate of drug-likeness (QED) is 0.690. The number of rotatable bonds is 4. The molecule has 0 spiro atoms. The highest BCUT2D eigenvalue weighted by Gasteiger charge is 2.29. The zero-order valence-corrected chi connectivity index (χ0v) is 9.37. The number of hydrogen-bond acceptors (Lipinski definition) is 2. The molecule has 0 fully saturated rings. The Morgan fingerprint density at radius 2 is 2.14 bits per heavy atom. The SMILES string of the molecule is CCn1ccnc1C(=O)C(C)(C)CC. The van der Waals surface area contributed by atoms with E-state index in [2.05, 4.69) is 4.98 Å². The van der Waals surface area contributed by atoms with Crippen LogP contribution in [-0.2, 0) is 6.54 Å². The van der Waals surface area contributed by atoms with Crippen molar-refractivity contribution >= 4 is 5.78 Å². The number of Topliss-reactive ketones (excluding diaryl/α,β-unsaturated/α-hetero) is 1. The predicted molar refractivity (Wildman–Crippen MR) is 56.3 cm³/mol. The van der Waals surface area contributed by atoms with Crippen LogP contribution in [-0.4, -0.2) is 15.3 Å². The molecule has 3 nitrogen and oxygen atoms in total. The van der Waals surface area contributed by atoms with Gasteiger partial charge in [-0.25, -0.2) is 4.98 Å². The minimum Gasteiger partial charge on any atom is -0.329 e. The van der Waals surface area contributed by atoms with Crippen molar-refractivity contribution in [3.05, 3.63) is 18.2 Å². The summed E-state index contributed by atoms with van der Waals surface area (Å²) in [5, 5.41) is 0. The highest BCUT2D eigenvalue weighted by atomic mass is 16.1. The number of aromatic nitrogens is 2. The van der Waals surface area contributed by atoms with Crippen molar-refractivity contribution in [1.29, 1.82) is 0 Å². The van der Waals surface area contributed by atoms with E-state index in [1.807, 2.05) is 38.5 Å². The topological polar surface area (TPSA) is 34.9 Å². The van der Waals surface area contributed by atoms with Gasteiger partial charge >= 0.3 is 0 Å². The number of hydrogen-bond donors (Lipinski definition) is 0. The maximum atomic E-state index is 12.1. The fourth-order valence-electron chi connectivity index (χ4n) is 1.24. The molecule has 3 heteroatoms. The Hall–Kier alpha value is -1.12. The molecule has 0 N–H and O–H groups in total. The van der Waals surface area contributed by atoms with E-state index in [9.17, 15) is 4.79 Å². The van der Waals surface area contributed by atoms with E-state index in [1.54, 1.807) is 6.20 Å². The van der Waals surface area contributed by atoms with Crippen LogP contribution in [0.5, 0.6) is 0 Å². The van der Waals surface area contributed by atoms with Crippen LogP contribution >= 0.6 is 0 Å². The maximum Gasteiger partial charge on any atom is 0.203 e. The molecule has 0 aliphatic heterocycles. The molecule has 0 saturated heterocycles. The number of ketones is 1. The van der Waals surface area contributed by atoms with Crippen molar-refractivity contribution in [3.63, 3.8) is 0 Å². The lowest BCUT2D eigenvalue weighted by molar-refractivity contribution is 0.0817. The van der Waals surface area contributed by atoms with E-state index >= 15 is 0 Å². The fourth-order valence-corrected chi connectivity index (χ4v) is 1.24. The molecule has 1 heterocycles. The molecular formula is C11H18N2O. The summed E-state index contributed by atoms with van der Waals surface area (Å²) in [7, 11) is 0. The Balaban J connectivity index is 3.00. The van der Waals surface area contributed by atoms with Gasteiger partial charge in [0.05, 0.1) is 0 Å². The summed E-state index contributed by atoms with van der Waals surface area (Å²) in [6.45, 7) is 8.75. The number of carbonyl (C=O) groups is 1. The molecule has 78 valence electrons. The molecule has 0 unspecified atom stereocenters. The third-order valence-corrected chi connectivity index (χ3v) is 2.76. The van der Waals surface area contributed by atoms with E-state index in [-0.39, 0.29) is 11.2 Å². The zero-order chi connectivity index (χ0) is 10.8. The molecule has 0 radical (unpaired) electrons. The molecule has 0 aromatic carbocycles.